The molecule has 0 aromatic heterocycles. The van der Waals surface area contributed by atoms with Crippen molar-refractivity contribution < 1.29 is 14.3 Å². The molecule has 1 aliphatic carbocycles. The molecule has 0 radical (unpaired) electrons. The number of hydrogen-bond donors (Lipinski definition) is 0. The number of fused-ring (bicyclic) bond motifs is 1. The Balaban J connectivity index is 1.34. The van der Waals surface area contributed by atoms with Crippen molar-refractivity contribution in [2.75, 3.05) is 26.7 Å². The fourth-order valence-electron chi connectivity index (χ4n) is 4.18. The lowest BCUT2D eigenvalue weighted by Gasteiger charge is -2.37. The molecule has 0 saturated carbocycles. The van der Waals surface area contributed by atoms with Crippen molar-refractivity contribution in [3.63, 3.8) is 0 Å². The van der Waals surface area contributed by atoms with E-state index in [0.717, 1.165) is 30.6 Å². The molecule has 0 N–H and O–H groups in total. The first kappa shape index (κ1) is 18.5. The first-order valence-electron chi connectivity index (χ1n) is 9.90. The smallest absolute Gasteiger partial charge is 0.242 e. The summed E-state index contributed by atoms with van der Waals surface area (Å²) in [6.07, 6.45) is 2.60. The first-order chi connectivity index (χ1) is 13.6. The highest BCUT2D eigenvalue weighted by molar-refractivity contribution is 5.87. The number of carbonyl (C=O) groups excluding carboxylic acids is 2. The highest BCUT2D eigenvalue weighted by Crippen LogP contribution is 2.27. The van der Waals surface area contributed by atoms with Crippen LogP contribution in [0.15, 0.2) is 48.5 Å². The molecule has 2 aliphatic rings. The molecule has 1 aliphatic heterocycles. The van der Waals surface area contributed by atoms with E-state index in [9.17, 15) is 9.59 Å². The third-order valence-corrected chi connectivity index (χ3v) is 5.86. The van der Waals surface area contributed by atoms with E-state index in [1.54, 1.807) is 12.0 Å². The average Bonchev–Trinajstić information content (AvgIpc) is 2.75. The average molecular weight is 378 g/mol. The second kappa shape index (κ2) is 8.05. The molecule has 146 valence electrons. The van der Waals surface area contributed by atoms with Crippen molar-refractivity contribution in [2.24, 2.45) is 5.92 Å². The quantitative estimate of drug-likeness (QED) is 0.822. The third kappa shape index (κ3) is 3.88. The number of rotatable bonds is 4. The summed E-state index contributed by atoms with van der Waals surface area (Å²) in [4.78, 5) is 29.2. The number of carbonyl (C=O) groups is 2. The Hall–Kier alpha value is -2.82. The molecule has 2 aromatic carbocycles. The van der Waals surface area contributed by atoms with E-state index in [4.69, 9.17) is 4.74 Å². The molecular weight excluding hydrogens is 352 g/mol. The minimum Gasteiger partial charge on any atom is -0.497 e. The normalized spacial score (nSPS) is 19.3. The van der Waals surface area contributed by atoms with Gasteiger partial charge in [-0.25, -0.2) is 0 Å². The van der Waals surface area contributed by atoms with Crippen LogP contribution in [0.25, 0.3) is 0 Å². The maximum atomic E-state index is 13.0. The standard InChI is InChI=1S/C23H26N2O3/c1-28-21-10-6-17(7-11-21)15-24-12-13-25(16-22(24)26)23(27)20-9-8-18-4-2-3-5-19(18)14-20/h2-7,10-11,20H,8-9,12-16H2,1H3/t20-/m1/s1. The van der Waals surface area contributed by atoms with Gasteiger partial charge in [-0.15, -0.1) is 0 Å². The highest BCUT2D eigenvalue weighted by atomic mass is 16.5. The van der Waals surface area contributed by atoms with Gasteiger partial charge in [0.2, 0.25) is 11.8 Å². The van der Waals surface area contributed by atoms with Crippen LogP contribution in [0.3, 0.4) is 0 Å². The Kier molecular flexibility index (Phi) is 5.33. The lowest BCUT2D eigenvalue weighted by Crippen LogP contribution is -2.53. The first-order valence-corrected chi connectivity index (χ1v) is 9.90. The summed E-state index contributed by atoms with van der Waals surface area (Å²) >= 11 is 0. The summed E-state index contributed by atoms with van der Waals surface area (Å²) in [5, 5.41) is 0. The molecule has 5 nitrogen and oxygen atoms in total. The second-order valence-electron chi connectivity index (χ2n) is 7.63. The number of ether oxygens (including phenoxy) is 1. The van der Waals surface area contributed by atoms with E-state index in [-0.39, 0.29) is 24.3 Å². The van der Waals surface area contributed by atoms with E-state index in [1.807, 2.05) is 35.2 Å². The van der Waals surface area contributed by atoms with Gasteiger partial charge in [-0.2, -0.15) is 0 Å². The second-order valence-corrected chi connectivity index (χ2v) is 7.63. The van der Waals surface area contributed by atoms with Crippen LogP contribution in [0.1, 0.15) is 23.1 Å². The molecular formula is C23H26N2O3. The van der Waals surface area contributed by atoms with Crippen molar-refractivity contribution in [1.82, 2.24) is 9.80 Å². The van der Waals surface area contributed by atoms with Crippen molar-refractivity contribution in [3.05, 3.63) is 65.2 Å². The molecule has 5 heteroatoms. The highest BCUT2D eigenvalue weighted by Gasteiger charge is 2.32. The van der Waals surface area contributed by atoms with Crippen molar-refractivity contribution >= 4 is 11.8 Å². The lowest BCUT2D eigenvalue weighted by molar-refractivity contribution is -0.148. The van der Waals surface area contributed by atoms with Gasteiger partial charge in [-0.1, -0.05) is 36.4 Å². The number of methoxy groups -OCH3 is 1. The molecule has 4 rings (SSSR count). The summed E-state index contributed by atoms with van der Waals surface area (Å²) in [6, 6.07) is 16.1. The number of amides is 2. The molecule has 0 spiro atoms. The van der Waals surface area contributed by atoms with E-state index >= 15 is 0 Å². The van der Waals surface area contributed by atoms with Gasteiger partial charge in [0.1, 0.15) is 5.75 Å². The van der Waals surface area contributed by atoms with Crippen LogP contribution < -0.4 is 4.74 Å². The van der Waals surface area contributed by atoms with Gasteiger partial charge in [0.25, 0.3) is 0 Å². The Bertz CT molecular complexity index is 862. The van der Waals surface area contributed by atoms with Crippen LogP contribution >= 0.6 is 0 Å². The Morgan fingerprint density at radius 2 is 1.82 bits per heavy atom. The molecule has 1 fully saturated rings. The number of benzene rings is 2. The van der Waals surface area contributed by atoms with Crippen molar-refractivity contribution in [2.45, 2.75) is 25.8 Å². The van der Waals surface area contributed by atoms with Gasteiger partial charge in [-0.05, 0) is 48.1 Å². The summed E-state index contributed by atoms with van der Waals surface area (Å²) in [5.41, 5.74) is 3.70. The topological polar surface area (TPSA) is 49.9 Å². The predicted molar refractivity (Wildman–Crippen MR) is 107 cm³/mol. The van der Waals surface area contributed by atoms with Crippen LogP contribution in [0.2, 0.25) is 0 Å². The van der Waals surface area contributed by atoms with E-state index in [0.29, 0.717) is 19.6 Å². The molecule has 1 saturated heterocycles. The number of nitrogens with zero attached hydrogens (tertiary/aromatic N) is 2. The van der Waals surface area contributed by atoms with Crippen LogP contribution in [0, 0.1) is 5.92 Å². The summed E-state index contributed by atoms with van der Waals surface area (Å²) < 4.78 is 5.18. The van der Waals surface area contributed by atoms with Gasteiger partial charge < -0.3 is 14.5 Å². The van der Waals surface area contributed by atoms with Gasteiger partial charge in [-0.3, -0.25) is 9.59 Å². The number of hydrogen-bond acceptors (Lipinski definition) is 3. The summed E-state index contributed by atoms with van der Waals surface area (Å²) in [5.74, 6) is 0.953. The fourth-order valence-corrected chi connectivity index (χ4v) is 4.18. The zero-order valence-corrected chi connectivity index (χ0v) is 16.3. The lowest BCUT2D eigenvalue weighted by atomic mass is 9.83. The van der Waals surface area contributed by atoms with Crippen LogP contribution in [-0.2, 0) is 29.0 Å². The van der Waals surface area contributed by atoms with E-state index in [2.05, 4.69) is 18.2 Å². The molecule has 1 heterocycles. The van der Waals surface area contributed by atoms with E-state index in [1.165, 1.54) is 11.1 Å². The van der Waals surface area contributed by atoms with Gasteiger partial charge in [0.15, 0.2) is 0 Å². The Morgan fingerprint density at radius 1 is 1.07 bits per heavy atom. The molecule has 2 amide bonds. The minimum atomic E-state index is -0.00385. The molecule has 0 bridgehead atoms. The van der Waals surface area contributed by atoms with Gasteiger partial charge >= 0.3 is 0 Å². The zero-order valence-electron chi connectivity index (χ0n) is 16.3. The zero-order chi connectivity index (χ0) is 19.5. The Labute approximate surface area is 165 Å². The Morgan fingerprint density at radius 3 is 2.54 bits per heavy atom. The monoisotopic (exact) mass is 378 g/mol. The van der Waals surface area contributed by atoms with Crippen molar-refractivity contribution in [3.8, 4) is 5.75 Å². The van der Waals surface area contributed by atoms with Gasteiger partial charge in [0, 0.05) is 25.6 Å². The fraction of sp³-hybridized carbons (Fsp3) is 0.391. The largest absolute Gasteiger partial charge is 0.497 e. The maximum Gasteiger partial charge on any atom is 0.242 e. The summed E-state index contributed by atoms with van der Waals surface area (Å²) in [6.45, 7) is 1.95. The molecule has 0 unspecified atom stereocenters. The van der Waals surface area contributed by atoms with Crippen molar-refractivity contribution in [1.29, 1.82) is 0 Å². The number of piperazine rings is 1. The molecule has 2 aromatic rings. The van der Waals surface area contributed by atoms with Crippen LogP contribution in [0.4, 0.5) is 0 Å². The minimum absolute atomic E-state index is 0.00385. The predicted octanol–water partition coefficient (Wildman–Crippen LogP) is 2.67. The SMILES string of the molecule is COc1ccc(CN2CCN(C(=O)[C@@H]3CCc4ccccc4C3)CC2=O)cc1. The maximum absolute atomic E-state index is 13.0. The van der Waals surface area contributed by atoms with Crippen LogP contribution in [0.5, 0.6) is 5.75 Å². The van der Waals surface area contributed by atoms with E-state index < -0.39 is 0 Å². The summed E-state index contributed by atoms with van der Waals surface area (Å²) in [7, 11) is 1.64. The van der Waals surface area contributed by atoms with Crippen LogP contribution in [-0.4, -0.2) is 48.4 Å². The molecule has 28 heavy (non-hydrogen) atoms. The van der Waals surface area contributed by atoms with Gasteiger partial charge in [0.05, 0.1) is 13.7 Å². The third-order valence-electron chi connectivity index (χ3n) is 5.86. The number of aryl methyl sites for hydroxylation is 1. The molecule has 1 atom stereocenters.